The Hall–Kier alpha value is -1.57. The van der Waals surface area contributed by atoms with E-state index in [9.17, 15) is 4.39 Å². The van der Waals surface area contributed by atoms with E-state index in [1.54, 1.807) is 12.5 Å². The van der Waals surface area contributed by atoms with Crippen molar-refractivity contribution in [2.45, 2.75) is 64.9 Å². The second kappa shape index (κ2) is 7.33. The molecule has 1 aliphatic heterocycles. The first kappa shape index (κ1) is 16.3. The third-order valence-electron chi connectivity index (χ3n) is 5.30. The Morgan fingerprint density at radius 3 is 2.52 bits per heavy atom. The molecule has 0 aromatic heterocycles. The van der Waals surface area contributed by atoms with Crippen molar-refractivity contribution < 1.29 is 9.13 Å². The Labute approximate surface area is 139 Å². The predicted octanol–water partition coefficient (Wildman–Crippen LogP) is 6.42. The first-order valence-corrected chi connectivity index (χ1v) is 8.88. The maximum Gasteiger partial charge on any atom is 0.272 e. The first-order chi connectivity index (χ1) is 11.1. The molecule has 1 nitrogen and oxygen atoms in total. The molecule has 0 amide bonds. The van der Waals surface area contributed by atoms with Crippen LogP contribution in [0.1, 0.15) is 69.6 Å². The Bertz CT molecular complexity index is 597. The largest absolute Gasteiger partial charge is 0.463 e. The fourth-order valence-electron chi connectivity index (χ4n) is 3.52. The van der Waals surface area contributed by atoms with E-state index < -0.39 is 0 Å². The van der Waals surface area contributed by atoms with Gasteiger partial charge in [0.05, 0.1) is 0 Å². The maximum atomic E-state index is 13.6. The predicted molar refractivity (Wildman–Crippen MR) is 92.7 cm³/mol. The average Bonchev–Trinajstić information content (AvgIpc) is 2.57. The van der Waals surface area contributed by atoms with Crippen LogP contribution in [0.25, 0.3) is 0 Å². The van der Waals surface area contributed by atoms with Gasteiger partial charge in [-0.15, -0.1) is 0 Å². The molecule has 0 spiro atoms. The summed E-state index contributed by atoms with van der Waals surface area (Å²) in [5.41, 5.74) is 4.75. The van der Waals surface area contributed by atoms with Gasteiger partial charge in [0.1, 0.15) is 6.10 Å². The van der Waals surface area contributed by atoms with Crippen LogP contribution < -0.4 is 0 Å². The number of ether oxygens (including phenoxy) is 1. The topological polar surface area (TPSA) is 9.23 Å². The van der Waals surface area contributed by atoms with Crippen LogP contribution >= 0.6 is 0 Å². The summed E-state index contributed by atoms with van der Waals surface area (Å²) in [6.45, 7) is 4.04. The lowest BCUT2D eigenvalue weighted by Gasteiger charge is -2.24. The van der Waals surface area contributed by atoms with E-state index in [0.29, 0.717) is 0 Å². The molecule has 0 radical (unpaired) electrons. The molecular formula is C21H27FO. The summed E-state index contributed by atoms with van der Waals surface area (Å²) in [4.78, 5) is 0. The second-order valence-corrected chi connectivity index (χ2v) is 7.17. The molecule has 2 aliphatic rings. The van der Waals surface area contributed by atoms with Crippen molar-refractivity contribution >= 4 is 0 Å². The molecule has 0 saturated carbocycles. The minimum atomic E-state index is -0.383. The number of hydrogen-bond acceptors (Lipinski definition) is 1. The van der Waals surface area contributed by atoms with Gasteiger partial charge in [0.2, 0.25) is 0 Å². The zero-order valence-corrected chi connectivity index (χ0v) is 14.3. The van der Waals surface area contributed by atoms with Crippen LogP contribution in [0, 0.1) is 5.92 Å². The van der Waals surface area contributed by atoms with Gasteiger partial charge < -0.3 is 4.74 Å². The van der Waals surface area contributed by atoms with E-state index in [1.807, 2.05) is 0 Å². The first-order valence-electron chi connectivity index (χ1n) is 8.88. The highest BCUT2D eigenvalue weighted by molar-refractivity contribution is 5.25. The number of halogens is 1. The van der Waals surface area contributed by atoms with Crippen molar-refractivity contribution in [3.05, 3.63) is 58.6 Å². The molecule has 2 atom stereocenters. The molecule has 1 aliphatic carbocycles. The zero-order chi connectivity index (χ0) is 16.2. The summed E-state index contributed by atoms with van der Waals surface area (Å²) in [5.74, 6) is 0.835. The van der Waals surface area contributed by atoms with Gasteiger partial charge in [-0.2, -0.15) is 4.39 Å². The van der Waals surface area contributed by atoms with Crippen molar-refractivity contribution in [3.8, 4) is 0 Å². The van der Waals surface area contributed by atoms with E-state index in [-0.39, 0.29) is 12.1 Å². The lowest BCUT2D eigenvalue weighted by molar-refractivity contribution is 0.0442. The Morgan fingerprint density at radius 1 is 1.09 bits per heavy atom. The number of aryl methyl sites for hydroxylation is 1. The van der Waals surface area contributed by atoms with E-state index >= 15 is 0 Å². The molecule has 1 aromatic rings. The molecule has 0 N–H and O–H groups in total. The second-order valence-electron chi connectivity index (χ2n) is 7.17. The summed E-state index contributed by atoms with van der Waals surface area (Å²) >= 11 is 0. The number of hydrogen-bond donors (Lipinski definition) is 0. The fraction of sp³-hybridized carbons (Fsp3) is 0.524. The molecule has 0 fully saturated rings. The van der Waals surface area contributed by atoms with Gasteiger partial charge in [-0.3, -0.25) is 0 Å². The fourth-order valence-corrected chi connectivity index (χ4v) is 3.52. The molecule has 0 bridgehead atoms. The van der Waals surface area contributed by atoms with Gasteiger partial charge in [0, 0.05) is 0 Å². The quantitative estimate of drug-likeness (QED) is 0.583. The van der Waals surface area contributed by atoms with Crippen molar-refractivity contribution in [1.29, 1.82) is 0 Å². The van der Waals surface area contributed by atoms with Crippen molar-refractivity contribution in [2.24, 2.45) is 5.92 Å². The monoisotopic (exact) mass is 314 g/mol. The summed E-state index contributed by atoms with van der Waals surface area (Å²) in [5, 5.41) is 0. The number of allylic oxidation sites excluding steroid dienone is 3. The number of rotatable bonds is 4. The number of benzene rings is 1. The van der Waals surface area contributed by atoms with Crippen LogP contribution in [0.5, 0.6) is 0 Å². The molecule has 2 heteroatoms. The van der Waals surface area contributed by atoms with Crippen LogP contribution in [0.4, 0.5) is 4.39 Å². The van der Waals surface area contributed by atoms with Crippen molar-refractivity contribution in [1.82, 2.24) is 0 Å². The van der Waals surface area contributed by atoms with E-state index in [1.165, 1.54) is 31.2 Å². The summed E-state index contributed by atoms with van der Waals surface area (Å²) in [6, 6.07) is 8.21. The maximum absolute atomic E-state index is 13.6. The summed E-state index contributed by atoms with van der Waals surface area (Å²) < 4.78 is 19.0. The Morgan fingerprint density at radius 2 is 1.87 bits per heavy atom. The van der Waals surface area contributed by atoms with Gasteiger partial charge in [-0.1, -0.05) is 35.9 Å². The van der Waals surface area contributed by atoms with Gasteiger partial charge >= 0.3 is 0 Å². The Kier molecular flexibility index (Phi) is 5.20. The smallest absolute Gasteiger partial charge is 0.272 e. The summed E-state index contributed by atoms with van der Waals surface area (Å²) in [7, 11) is 0. The lowest BCUT2D eigenvalue weighted by atomic mass is 9.86. The molecule has 124 valence electrons. The summed E-state index contributed by atoms with van der Waals surface area (Å²) in [6.07, 6.45) is 10.2. The van der Waals surface area contributed by atoms with Crippen LogP contribution in [-0.4, -0.2) is 0 Å². The normalized spacial score (nSPS) is 25.1. The standard InChI is InChI=1S/C21H27FO/c1-15-3-6-17(7-4-15)8-9-18-10-12-19(13-11-18)20-14-5-16(2)21(22)23-20/h3,10-13,17,20H,4-9,14H2,1-2H3. The third-order valence-corrected chi connectivity index (χ3v) is 5.30. The average molecular weight is 314 g/mol. The van der Waals surface area contributed by atoms with E-state index in [2.05, 4.69) is 37.3 Å². The molecule has 23 heavy (non-hydrogen) atoms. The van der Waals surface area contributed by atoms with Crippen molar-refractivity contribution in [3.63, 3.8) is 0 Å². The van der Waals surface area contributed by atoms with Crippen molar-refractivity contribution in [2.75, 3.05) is 0 Å². The van der Waals surface area contributed by atoms with Crippen LogP contribution in [0.3, 0.4) is 0 Å². The molecule has 0 saturated heterocycles. The van der Waals surface area contributed by atoms with Crippen LogP contribution in [-0.2, 0) is 11.2 Å². The molecule has 2 unspecified atom stereocenters. The minimum Gasteiger partial charge on any atom is -0.463 e. The Balaban J connectivity index is 1.53. The van der Waals surface area contributed by atoms with Crippen LogP contribution in [0.2, 0.25) is 0 Å². The van der Waals surface area contributed by atoms with Crippen LogP contribution in [0.15, 0.2) is 47.5 Å². The lowest BCUT2D eigenvalue weighted by Crippen LogP contribution is -2.09. The van der Waals surface area contributed by atoms with Gasteiger partial charge in [0.15, 0.2) is 0 Å². The SMILES string of the molecule is CC1=CCC(CCc2ccc(C3CCC(C)=C(F)O3)cc2)CC1. The minimum absolute atomic E-state index is 0.126. The van der Waals surface area contributed by atoms with Gasteiger partial charge in [0.25, 0.3) is 6.01 Å². The van der Waals surface area contributed by atoms with E-state index in [0.717, 1.165) is 36.3 Å². The highest BCUT2D eigenvalue weighted by atomic mass is 19.1. The van der Waals surface area contributed by atoms with Gasteiger partial charge in [-0.05, 0) is 81.4 Å². The molecule has 1 heterocycles. The highest BCUT2D eigenvalue weighted by Crippen LogP contribution is 2.34. The molecule has 3 rings (SSSR count). The van der Waals surface area contributed by atoms with Gasteiger partial charge in [-0.25, -0.2) is 0 Å². The van der Waals surface area contributed by atoms with E-state index in [4.69, 9.17) is 4.74 Å². The highest BCUT2D eigenvalue weighted by Gasteiger charge is 2.21. The zero-order valence-electron chi connectivity index (χ0n) is 14.3. The molecular weight excluding hydrogens is 287 g/mol. The molecule has 1 aromatic carbocycles. The third kappa shape index (κ3) is 4.25.